The highest BCUT2D eigenvalue weighted by molar-refractivity contribution is 6.08. The number of carbonyl (C=O) groups is 2. The Bertz CT molecular complexity index is 1110. The first-order valence-corrected chi connectivity index (χ1v) is 9.97. The smallest absolute Gasteiger partial charge is 0.254 e. The molecule has 0 aliphatic carbocycles. The normalized spacial score (nSPS) is 22.2. The fourth-order valence-corrected chi connectivity index (χ4v) is 4.83. The van der Waals surface area contributed by atoms with Gasteiger partial charge in [-0.15, -0.1) is 0 Å². The number of pyridine rings is 1. The predicted octanol–water partition coefficient (Wildman–Crippen LogP) is 3.05. The number of nitrogens with zero attached hydrogens (tertiary/aromatic N) is 2. The monoisotopic (exact) mass is 399 g/mol. The number of carbonyl (C=O) groups excluding carboxylic acids is 2. The van der Waals surface area contributed by atoms with Crippen molar-refractivity contribution < 1.29 is 14.7 Å². The van der Waals surface area contributed by atoms with E-state index in [4.69, 9.17) is 0 Å². The summed E-state index contributed by atoms with van der Waals surface area (Å²) < 4.78 is 0. The van der Waals surface area contributed by atoms with Crippen molar-refractivity contribution in [2.24, 2.45) is 0 Å². The Morgan fingerprint density at radius 2 is 1.93 bits per heavy atom. The molecular weight excluding hydrogens is 378 g/mol. The molecule has 2 aliphatic rings. The molecule has 1 saturated heterocycles. The van der Waals surface area contributed by atoms with E-state index in [1.807, 2.05) is 36.4 Å². The number of hydrogen-bond donors (Lipinski definition) is 2. The van der Waals surface area contributed by atoms with Gasteiger partial charge in [0.1, 0.15) is 5.41 Å². The van der Waals surface area contributed by atoms with E-state index in [2.05, 4.69) is 10.3 Å². The van der Waals surface area contributed by atoms with Crippen LogP contribution < -0.4 is 5.32 Å². The number of benzene rings is 2. The van der Waals surface area contributed by atoms with Gasteiger partial charge in [0.05, 0.1) is 12.6 Å². The van der Waals surface area contributed by atoms with E-state index in [1.165, 1.54) is 0 Å². The third-order valence-electron chi connectivity index (χ3n) is 6.23. The first-order valence-electron chi connectivity index (χ1n) is 9.97. The fourth-order valence-electron chi connectivity index (χ4n) is 4.83. The van der Waals surface area contributed by atoms with Crippen LogP contribution in [0.25, 0.3) is 0 Å². The quantitative estimate of drug-likeness (QED) is 0.709. The zero-order valence-corrected chi connectivity index (χ0v) is 16.3. The maximum atomic E-state index is 13.5. The lowest BCUT2D eigenvalue weighted by Gasteiger charge is -2.34. The lowest BCUT2D eigenvalue weighted by atomic mass is 9.73. The molecule has 1 aromatic heterocycles. The molecular formula is C24H21N3O3. The number of rotatable bonds is 3. The van der Waals surface area contributed by atoms with Crippen molar-refractivity contribution in [1.29, 1.82) is 0 Å². The van der Waals surface area contributed by atoms with Crippen LogP contribution in [0, 0.1) is 0 Å². The van der Waals surface area contributed by atoms with E-state index < -0.39 is 11.5 Å². The van der Waals surface area contributed by atoms with Crippen molar-refractivity contribution in [1.82, 2.24) is 9.88 Å². The van der Waals surface area contributed by atoms with Crippen LogP contribution in [-0.2, 0) is 16.8 Å². The van der Waals surface area contributed by atoms with Gasteiger partial charge >= 0.3 is 0 Å². The first-order chi connectivity index (χ1) is 14.6. The Morgan fingerprint density at radius 1 is 1.13 bits per heavy atom. The molecule has 3 heterocycles. The van der Waals surface area contributed by atoms with Gasteiger partial charge in [0, 0.05) is 30.2 Å². The Morgan fingerprint density at radius 3 is 2.67 bits per heavy atom. The predicted molar refractivity (Wildman–Crippen MR) is 112 cm³/mol. The molecule has 1 spiro atoms. The van der Waals surface area contributed by atoms with Gasteiger partial charge in [-0.1, -0.05) is 36.4 Å². The van der Waals surface area contributed by atoms with Crippen LogP contribution in [0.1, 0.15) is 39.5 Å². The van der Waals surface area contributed by atoms with Crippen LogP contribution in [0.2, 0.25) is 0 Å². The van der Waals surface area contributed by atoms with Crippen molar-refractivity contribution in [3.63, 3.8) is 0 Å². The third kappa shape index (κ3) is 2.64. The van der Waals surface area contributed by atoms with E-state index in [1.54, 1.807) is 41.6 Å². The summed E-state index contributed by atoms with van der Waals surface area (Å²) in [5, 5.41) is 12.3. The Kier molecular flexibility index (Phi) is 4.37. The van der Waals surface area contributed by atoms with Crippen molar-refractivity contribution in [2.75, 3.05) is 11.9 Å². The van der Waals surface area contributed by atoms with E-state index >= 15 is 0 Å². The highest BCUT2D eigenvalue weighted by Gasteiger charge is 2.59. The molecule has 6 nitrogen and oxygen atoms in total. The molecule has 6 heteroatoms. The van der Waals surface area contributed by atoms with Gasteiger partial charge in [0.2, 0.25) is 5.91 Å². The standard InChI is InChI=1S/C24H21N3O3/c28-15-16-7-9-17(10-8-16)22(29)27-13-11-24(21(27)18-4-3-12-25-14-18)19-5-1-2-6-20(19)26-23(24)30/h1-10,12,14,21,28H,11,13,15H2,(H,26,30). The van der Waals surface area contributed by atoms with Crippen LogP contribution in [0.5, 0.6) is 0 Å². The molecule has 2 unspecified atom stereocenters. The summed E-state index contributed by atoms with van der Waals surface area (Å²) >= 11 is 0. The molecule has 0 radical (unpaired) electrons. The number of aliphatic hydroxyl groups is 1. The molecule has 2 amide bonds. The van der Waals surface area contributed by atoms with Crippen molar-refractivity contribution in [3.8, 4) is 0 Å². The highest BCUT2D eigenvalue weighted by atomic mass is 16.3. The summed E-state index contributed by atoms with van der Waals surface area (Å²) in [6.45, 7) is 0.387. The summed E-state index contributed by atoms with van der Waals surface area (Å²) in [6.07, 6.45) is 3.96. The maximum absolute atomic E-state index is 13.5. The Labute approximate surface area is 174 Å². The van der Waals surface area contributed by atoms with Crippen LogP contribution >= 0.6 is 0 Å². The van der Waals surface area contributed by atoms with Crippen LogP contribution in [0.15, 0.2) is 73.1 Å². The zero-order chi connectivity index (χ0) is 20.7. The Hall–Kier alpha value is -3.51. The van der Waals surface area contributed by atoms with E-state index in [-0.39, 0.29) is 18.4 Å². The molecule has 1 fully saturated rings. The minimum atomic E-state index is -0.847. The topological polar surface area (TPSA) is 82.5 Å². The van der Waals surface area contributed by atoms with Crippen LogP contribution in [-0.4, -0.2) is 33.3 Å². The SMILES string of the molecule is O=C(c1ccc(CO)cc1)N1CCC2(C(=O)Nc3ccccc32)C1c1cccnc1. The van der Waals surface area contributed by atoms with Crippen LogP contribution in [0.3, 0.4) is 0 Å². The summed E-state index contributed by atoms with van der Waals surface area (Å²) in [5.41, 5.74) is 3.00. The molecule has 0 bridgehead atoms. The summed E-state index contributed by atoms with van der Waals surface area (Å²) in [5.74, 6) is -0.217. The molecule has 5 rings (SSSR count). The number of aliphatic hydroxyl groups excluding tert-OH is 1. The van der Waals surface area contributed by atoms with Gasteiger partial charge < -0.3 is 15.3 Å². The average molecular weight is 399 g/mol. The summed E-state index contributed by atoms with van der Waals surface area (Å²) in [7, 11) is 0. The number of amides is 2. The largest absolute Gasteiger partial charge is 0.392 e. The number of aromatic nitrogens is 1. The zero-order valence-electron chi connectivity index (χ0n) is 16.3. The number of para-hydroxylation sites is 1. The summed E-state index contributed by atoms with van der Waals surface area (Å²) in [4.78, 5) is 32.9. The van der Waals surface area contributed by atoms with Gasteiger partial charge in [-0.2, -0.15) is 0 Å². The molecule has 3 aromatic rings. The second-order valence-corrected chi connectivity index (χ2v) is 7.76. The van der Waals surface area contributed by atoms with E-state index in [0.29, 0.717) is 18.5 Å². The molecule has 30 heavy (non-hydrogen) atoms. The molecule has 0 saturated carbocycles. The lowest BCUT2D eigenvalue weighted by Crippen LogP contribution is -2.42. The summed E-state index contributed by atoms with van der Waals surface area (Å²) in [6, 6.07) is 17.9. The molecule has 2 atom stereocenters. The third-order valence-corrected chi connectivity index (χ3v) is 6.23. The number of nitrogens with one attached hydrogen (secondary N) is 1. The van der Waals surface area contributed by atoms with Crippen molar-refractivity contribution in [2.45, 2.75) is 24.5 Å². The molecule has 150 valence electrons. The number of likely N-dealkylation sites (tertiary alicyclic amines) is 1. The van der Waals surface area contributed by atoms with Crippen molar-refractivity contribution >= 4 is 17.5 Å². The van der Waals surface area contributed by atoms with E-state index in [9.17, 15) is 14.7 Å². The fraction of sp³-hybridized carbons (Fsp3) is 0.208. The lowest BCUT2D eigenvalue weighted by molar-refractivity contribution is -0.121. The second kappa shape index (κ2) is 7.07. The number of hydrogen-bond acceptors (Lipinski definition) is 4. The highest BCUT2D eigenvalue weighted by Crippen LogP contribution is 2.54. The van der Waals surface area contributed by atoms with Crippen molar-refractivity contribution in [3.05, 3.63) is 95.3 Å². The van der Waals surface area contributed by atoms with Gasteiger partial charge in [0.25, 0.3) is 5.91 Å². The Balaban J connectivity index is 1.63. The molecule has 2 aliphatic heterocycles. The van der Waals surface area contributed by atoms with Gasteiger partial charge in [-0.25, -0.2) is 0 Å². The first kappa shape index (κ1) is 18.5. The second-order valence-electron chi connectivity index (χ2n) is 7.76. The van der Waals surface area contributed by atoms with Gasteiger partial charge in [-0.3, -0.25) is 14.6 Å². The number of fused-ring (bicyclic) bond motifs is 2. The van der Waals surface area contributed by atoms with Gasteiger partial charge in [0.15, 0.2) is 0 Å². The minimum Gasteiger partial charge on any atom is -0.392 e. The van der Waals surface area contributed by atoms with E-state index in [0.717, 1.165) is 22.4 Å². The van der Waals surface area contributed by atoms with Gasteiger partial charge in [-0.05, 0) is 47.4 Å². The molecule has 2 aromatic carbocycles. The maximum Gasteiger partial charge on any atom is 0.254 e. The average Bonchev–Trinajstić information content (AvgIpc) is 3.33. The minimum absolute atomic E-state index is 0.0729. The molecule has 2 N–H and O–H groups in total. The number of anilines is 1. The van der Waals surface area contributed by atoms with Crippen LogP contribution in [0.4, 0.5) is 5.69 Å².